The van der Waals surface area contributed by atoms with Crippen molar-refractivity contribution in [1.29, 1.82) is 0 Å². The standard InChI is InChI=1S/C24H26ClN5O/c25-20-8-4-7-19(15-20)24(17-29-23(31)21-22(26)28-12-11-27-21)9-13-30(14-10-24)16-18-5-2-1-3-6-18/h1-8,11-12,15H,9-10,13-14,16-17H2,(H2,26,28)(H,29,31). The lowest BCUT2D eigenvalue weighted by Crippen LogP contribution is -2.49. The number of anilines is 1. The third-order valence-electron chi connectivity index (χ3n) is 6.03. The molecule has 0 unspecified atom stereocenters. The zero-order chi connectivity index (χ0) is 21.7. The largest absolute Gasteiger partial charge is 0.382 e. The van der Waals surface area contributed by atoms with Gasteiger partial charge in [0.05, 0.1) is 0 Å². The summed E-state index contributed by atoms with van der Waals surface area (Å²) in [5.74, 6) is -0.173. The van der Waals surface area contributed by atoms with Gasteiger partial charge in [0.15, 0.2) is 11.5 Å². The molecular formula is C24H26ClN5O. The van der Waals surface area contributed by atoms with Crippen LogP contribution in [0.4, 0.5) is 5.82 Å². The topological polar surface area (TPSA) is 84.1 Å². The number of nitrogens with zero attached hydrogens (tertiary/aromatic N) is 3. The molecule has 6 nitrogen and oxygen atoms in total. The first kappa shape index (κ1) is 21.3. The number of nitrogens with one attached hydrogen (secondary N) is 1. The first-order chi connectivity index (χ1) is 15.1. The maximum atomic E-state index is 12.7. The maximum absolute atomic E-state index is 12.7. The SMILES string of the molecule is Nc1nccnc1C(=O)NCC1(c2cccc(Cl)c2)CCN(Cc2ccccc2)CC1. The molecule has 0 aliphatic carbocycles. The van der Waals surface area contributed by atoms with E-state index in [4.69, 9.17) is 17.3 Å². The quantitative estimate of drug-likeness (QED) is 0.617. The molecule has 1 aliphatic heterocycles. The first-order valence-electron chi connectivity index (χ1n) is 10.4. The Balaban J connectivity index is 1.50. The van der Waals surface area contributed by atoms with Crippen LogP contribution in [0.1, 0.15) is 34.5 Å². The van der Waals surface area contributed by atoms with Gasteiger partial charge in [0.25, 0.3) is 5.91 Å². The van der Waals surface area contributed by atoms with Crippen molar-refractivity contribution in [2.75, 3.05) is 25.4 Å². The molecule has 0 bridgehead atoms. The highest BCUT2D eigenvalue weighted by molar-refractivity contribution is 6.30. The Kier molecular flexibility index (Phi) is 6.49. The summed E-state index contributed by atoms with van der Waals surface area (Å²) in [4.78, 5) is 23.2. The fraction of sp³-hybridized carbons (Fsp3) is 0.292. The summed E-state index contributed by atoms with van der Waals surface area (Å²) in [6, 6.07) is 18.5. The fourth-order valence-corrected chi connectivity index (χ4v) is 4.41. The summed E-state index contributed by atoms with van der Waals surface area (Å²) in [6.07, 6.45) is 4.77. The molecule has 0 radical (unpaired) electrons. The van der Waals surface area contributed by atoms with Crippen LogP contribution in [-0.2, 0) is 12.0 Å². The average molecular weight is 436 g/mol. The van der Waals surface area contributed by atoms with Gasteiger partial charge in [-0.15, -0.1) is 0 Å². The summed E-state index contributed by atoms with van der Waals surface area (Å²) in [7, 11) is 0. The minimum atomic E-state index is -0.307. The van der Waals surface area contributed by atoms with Crippen molar-refractivity contribution in [2.24, 2.45) is 0 Å². The zero-order valence-corrected chi connectivity index (χ0v) is 18.1. The number of halogens is 1. The van der Waals surface area contributed by atoms with Crippen LogP contribution in [0.25, 0.3) is 0 Å². The predicted octanol–water partition coefficient (Wildman–Crippen LogP) is 3.68. The molecule has 3 N–H and O–H groups in total. The average Bonchev–Trinajstić information content (AvgIpc) is 2.80. The molecule has 31 heavy (non-hydrogen) atoms. The van der Waals surface area contributed by atoms with Crippen molar-refractivity contribution in [3.63, 3.8) is 0 Å². The Labute approximate surface area is 187 Å². The van der Waals surface area contributed by atoms with Crippen LogP contribution in [0.5, 0.6) is 0 Å². The van der Waals surface area contributed by atoms with E-state index in [1.807, 2.05) is 24.3 Å². The van der Waals surface area contributed by atoms with Gasteiger partial charge >= 0.3 is 0 Å². The minimum absolute atomic E-state index is 0.134. The molecule has 1 aliphatic rings. The number of nitrogen functional groups attached to an aromatic ring is 1. The van der Waals surface area contributed by atoms with E-state index in [2.05, 4.69) is 50.5 Å². The number of carbonyl (C=O) groups is 1. The summed E-state index contributed by atoms with van der Waals surface area (Å²) in [5.41, 5.74) is 8.24. The summed E-state index contributed by atoms with van der Waals surface area (Å²) < 4.78 is 0. The lowest BCUT2D eigenvalue weighted by molar-refractivity contribution is 0.0915. The molecule has 1 aromatic heterocycles. The van der Waals surface area contributed by atoms with Crippen LogP contribution in [0.3, 0.4) is 0 Å². The second-order valence-corrected chi connectivity index (χ2v) is 8.46. The number of nitrogens with two attached hydrogens (primary N) is 1. The van der Waals surface area contributed by atoms with Crippen LogP contribution < -0.4 is 11.1 Å². The lowest BCUT2D eigenvalue weighted by atomic mass is 9.72. The third kappa shape index (κ3) is 5.03. The van der Waals surface area contributed by atoms with Gasteiger partial charge in [-0.3, -0.25) is 9.69 Å². The molecule has 4 rings (SSSR count). The predicted molar refractivity (Wildman–Crippen MR) is 123 cm³/mol. The molecule has 1 fully saturated rings. The molecule has 1 saturated heterocycles. The highest BCUT2D eigenvalue weighted by atomic mass is 35.5. The fourth-order valence-electron chi connectivity index (χ4n) is 4.22. The molecular weight excluding hydrogens is 410 g/mol. The van der Waals surface area contributed by atoms with E-state index in [0.29, 0.717) is 11.6 Å². The molecule has 0 spiro atoms. The van der Waals surface area contributed by atoms with Crippen LogP contribution in [-0.4, -0.2) is 40.4 Å². The molecule has 2 heterocycles. The van der Waals surface area contributed by atoms with Crippen molar-refractivity contribution < 1.29 is 4.79 Å². The molecule has 0 atom stereocenters. The Morgan fingerprint density at radius 2 is 1.81 bits per heavy atom. The number of piperidine rings is 1. The van der Waals surface area contributed by atoms with E-state index in [-0.39, 0.29) is 22.8 Å². The molecule has 3 aromatic rings. The van der Waals surface area contributed by atoms with E-state index >= 15 is 0 Å². The summed E-state index contributed by atoms with van der Waals surface area (Å²) in [5, 5.41) is 3.75. The number of aromatic nitrogens is 2. The van der Waals surface area contributed by atoms with Crippen molar-refractivity contribution in [3.05, 3.63) is 88.8 Å². The zero-order valence-electron chi connectivity index (χ0n) is 17.3. The van der Waals surface area contributed by atoms with E-state index in [1.165, 1.54) is 18.0 Å². The van der Waals surface area contributed by atoms with Crippen molar-refractivity contribution in [3.8, 4) is 0 Å². The summed E-state index contributed by atoms with van der Waals surface area (Å²) in [6.45, 7) is 3.28. The first-order valence-corrected chi connectivity index (χ1v) is 10.8. The highest BCUT2D eigenvalue weighted by Gasteiger charge is 2.37. The van der Waals surface area contributed by atoms with E-state index < -0.39 is 0 Å². The molecule has 7 heteroatoms. The second kappa shape index (κ2) is 9.45. The van der Waals surface area contributed by atoms with Gasteiger partial charge in [-0.1, -0.05) is 54.1 Å². The van der Waals surface area contributed by atoms with Crippen molar-refractivity contribution in [1.82, 2.24) is 20.2 Å². The van der Waals surface area contributed by atoms with E-state index in [1.54, 1.807) is 0 Å². The van der Waals surface area contributed by atoms with Gasteiger partial charge in [0.2, 0.25) is 0 Å². The van der Waals surface area contributed by atoms with E-state index in [0.717, 1.165) is 38.0 Å². The Morgan fingerprint density at radius 1 is 1.06 bits per heavy atom. The number of benzene rings is 2. The monoisotopic (exact) mass is 435 g/mol. The van der Waals surface area contributed by atoms with Gasteiger partial charge in [0, 0.05) is 35.9 Å². The van der Waals surface area contributed by atoms with Gasteiger partial charge in [0.1, 0.15) is 0 Å². The maximum Gasteiger partial charge on any atom is 0.273 e. The Hall–Kier alpha value is -2.96. The summed E-state index contributed by atoms with van der Waals surface area (Å²) >= 11 is 6.31. The second-order valence-electron chi connectivity index (χ2n) is 8.03. The normalized spacial score (nSPS) is 16.0. The smallest absolute Gasteiger partial charge is 0.273 e. The highest BCUT2D eigenvalue weighted by Crippen LogP contribution is 2.36. The van der Waals surface area contributed by atoms with Gasteiger partial charge in [-0.25, -0.2) is 9.97 Å². The number of carbonyl (C=O) groups excluding carboxylic acids is 1. The third-order valence-corrected chi connectivity index (χ3v) is 6.26. The molecule has 1 amide bonds. The van der Waals surface area contributed by atoms with Crippen molar-refractivity contribution in [2.45, 2.75) is 24.8 Å². The Bertz CT molecular complexity index is 1030. The van der Waals surface area contributed by atoms with E-state index in [9.17, 15) is 4.79 Å². The molecule has 160 valence electrons. The number of hydrogen-bond donors (Lipinski definition) is 2. The van der Waals surface area contributed by atoms with Gasteiger partial charge in [-0.05, 0) is 49.2 Å². The number of likely N-dealkylation sites (tertiary alicyclic amines) is 1. The van der Waals surface area contributed by atoms with Gasteiger partial charge in [-0.2, -0.15) is 0 Å². The minimum Gasteiger partial charge on any atom is -0.382 e. The van der Waals surface area contributed by atoms with Crippen molar-refractivity contribution >= 4 is 23.3 Å². The van der Waals surface area contributed by atoms with Crippen LogP contribution >= 0.6 is 11.6 Å². The Morgan fingerprint density at radius 3 is 2.52 bits per heavy atom. The van der Waals surface area contributed by atoms with Crippen LogP contribution in [0.15, 0.2) is 67.0 Å². The number of hydrogen-bond acceptors (Lipinski definition) is 5. The molecule has 0 saturated carbocycles. The lowest BCUT2D eigenvalue weighted by Gasteiger charge is -2.42. The molecule has 2 aromatic carbocycles. The van der Waals surface area contributed by atoms with Crippen LogP contribution in [0.2, 0.25) is 5.02 Å². The number of rotatable bonds is 6. The van der Waals surface area contributed by atoms with Gasteiger partial charge < -0.3 is 11.1 Å². The van der Waals surface area contributed by atoms with Crippen LogP contribution in [0, 0.1) is 0 Å². The number of amides is 1.